The molecule has 3 fully saturated rings. The van der Waals surface area contributed by atoms with Gasteiger partial charge in [-0.3, -0.25) is 0 Å². The fourth-order valence-corrected chi connectivity index (χ4v) is 8.07. The average Bonchev–Trinajstić information content (AvgIpc) is 2.97. The second-order valence-electron chi connectivity index (χ2n) is 12.5. The van der Waals surface area contributed by atoms with Crippen LogP contribution in [-0.2, 0) is 4.74 Å². The van der Waals surface area contributed by atoms with Crippen molar-refractivity contribution in [3.8, 4) is 0 Å². The van der Waals surface area contributed by atoms with Crippen LogP contribution < -0.4 is 0 Å². The zero-order valence-electron chi connectivity index (χ0n) is 19.6. The van der Waals surface area contributed by atoms with Gasteiger partial charge in [0.25, 0.3) is 0 Å². The highest BCUT2D eigenvalue weighted by Gasteiger charge is 2.59. The molecule has 4 aliphatic carbocycles. The zero-order chi connectivity index (χ0) is 21.2. The second-order valence-corrected chi connectivity index (χ2v) is 12.5. The molecule has 166 valence electrons. The second kappa shape index (κ2) is 7.07. The van der Waals surface area contributed by atoms with Crippen molar-refractivity contribution in [2.75, 3.05) is 6.61 Å². The predicted molar refractivity (Wildman–Crippen MR) is 118 cm³/mol. The maximum absolute atomic E-state index is 10.6. The van der Waals surface area contributed by atoms with Gasteiger partial charge in [-0.05, 0) is 114 Å². The van der Waals surface area contributed by atoms with Gasteiger partial charge in [0, 0.05) is 0 Å². The molecule has 0 amide bonds. The molecule has 3 heteroatoms. The highest BCUT2D eigenvalue weighted by atomic mass is 16.5. The lowest BCUT2D eigenvalue weighted by molar-refractivity contribution is -0.107. The van der Waals surface area contributed by atoms with E-state index in [9.17, 15) is 10.2 Å². The number of ether oxygens (including phenoxy) is 1. The van der Waals surface area contributed by atoms with E-state index in [1.54, 1.807) is 5.57 Å². The largest absolute Gasteiger partial charge is 0.390 e. The summed E-state index contributed by atoms with van der Waals surface area (Å²) in [7, 11) is 0. The Morgan fingerprint density at radius 1 is 1.10 bits per heavy atom. The Labute approximate surface area is 178 Å². The highest BCUT2D eigenvalue weighted by molar-refractivity contribution is 5.26. The lowest BCUT2D eigenvalue weighted by Crippen LogP contribution is -2.52. The molecule has 4 rings (SSSR count). The minimum atomic E-state index is -0.758. The first-order valence-corrected chi connectivity index (χ1v) is 12.1. The maximum Gasteiger partial charge on any atom is 0.0824 e. The van der Waals surface area contributed by atoms with Crippen LogP contribution in [0.4, 0.5) is 0 Å². The van der Waals surface area contributed by atoms with Crippen LogP contribution in [-0.4, -0.2) is 34.1 Å². The summed E-state index contributed by atoms with van der Waals surface area (Å²) in [5.41, 5.74) is 0.949. The third-order valence-corrected chi connectivity index (χ3v) is 9.72. The topological polar surface area (TPSA) is 49.7 Å². The fraction of sp³-hybridized carbons (Fsp3) is 0.923. The van der Waals surface area contributed by atoms with Crippen LogP contribution in [0.2, 0.25) is 0 Å². The van der Waals surface area contributed by atoms with Gasteiger partial charge in [0.2, 0.25) is 0 Å². The molecule has 4 aliphatic rings. The van der Waals surface area contributed by atoms with Crippen LogP contribution in [0.25, 0.3) is 0 Å². The first-order chi connectivity index (χ1) is 13.4. The van der Waals surface area contributed by atoms with Crippen LogP contribution in [0.15, 0.2) is 11.6 Å². The minimum absolute atomic E-state index is 0.211. The maximum atomic E-state index is 10.6. The van der Waals surface area contributed by atoms with Crippen LogP contribution >= 0.6 is 0 Å². The Morgan fingerprint density at radius 3 is 2.52 bits per heavy atom. The molecular weight excluding hydrogens is 360 g/mol. The molecule has 8 atom stereocenters. The van der Waals surface area contributed by atoms with Gasteiger partial charge in [-0.2, -0.15) is 0 Å². The Hall–Kier alpha value is -0.380. The van der Waals surface area contributed by atoms with Crippen molar-refractivity contribution >= 4 is 0 Å². The van der Waals surface area contributed by atoms with Crippen molar-refractivity contribution < 1.29 is 14.9 Å². The lowest BCUT2D eigenvalue weighted by atomic mass is 9.46. The molecule has 3 saturated carbocycles. The summed E-state index contributed by atoms with van der Waals surface area (Å²) in [5.74, 6) is 2.96. The van der Waals surface area contributed by atoms with E-state index in [0.717, 1.165) is 37.0 Å². The SMILES string of the molecule is C[C@H](OCC(C)(C)O)[C@H]1CCC2C3CC=C4C[C@@](C)(O)CC[C@]4(C)C3CC[C@@]21C. The average molecular weight is 405 g/mol. The van der Waals surface area contributed by atoms with E-state index < -0.39 is 11.2 Å². The molecule has 3 unspecified atom stereocenters. The summed E-state index contributed by atoms with van der Waals surface area (Å²) >= 11 is 0. The van der Waals surface area contributed by atoms with Gasteiger partial charge in [0.1, 0.15) is 0 Å². The summed E-state index contributed by atoms with van der Waals surface area (Å²) in [6, 6.07) is 0. The first kappa shape index (κ1) is 21.8. The number of fused-ring (bicyclic) bond motifs is 5. The molecule has 0 aromatic carbocycles. The summed E-state index contributed by atoms with van der Waals surface area (Å²) < 4.78 is 6.18. The monoisotopic (exact) mass is 404 g/mol. The van der Waals surface area contributed by atoms with Gasteiger partial charge >= 0.3 is 0 Å². The lowest BCUT2D eigenvalue weighted by Gasteiger charge is -2.59. The molecule has 0 radical (unpaired) electrons. The van der Waals surface area contributed by atoms with Gasteiger partial charge in [-0.15, -0.1) is 0 Å². The van der Waals surface area contributed by atoms with Gasteiger partial charge in [-0.25, -0.2) is 0 Å². The van der Waals surface area contributed by atoms with Crippen molar-refractivity contribution in [1.82, 2.24) is 0 Å². The van der Waals surface area contributed by atoms with Crippen LogP contribution in [0, 0.1) is 34.5 Å². The van der Waals surface area contributed by atoms with E-state index in [4.69, 9.17) is 4.74 Å². The molecule has 0 aliphatic heterocycles. The van der Waals surface area contributed by atoms with Crippen LogP contribution in [0.3, 0.4) is 0 Å². The van der Waals surface area contributed by atoms with Gasteiger partial charge in [-0.1, -0.05) is 25.5 Å². The summed E-state index contributed by atoms with van der Waals surface area (Å²) in [4.78, 5) is 0. The Balaban J connectivity index is 1.53. The van der Waals surface area contributed by atoms with Crippen molar-refractivity contribution in [3.63, 3.8) is 0 Å². The van der Waals surface area contributed by atoms with Crippen molar-refractivity contribution in [2.24, 2.45) is 34.5 Å². The summed E-state index contributed by atoms with van der Waals surface area (Å²) in [6.07, 6.45) is 12.1. The third kappa shape index (κ3) is 3.74. The standard InChI is InChI=1S/C26H44O3/c1-17(29-16-23(2,3)27)20-9-10-21-19-8-7-18-15-24(4,28)13-14-25(18,5)22(19)11-12-26(20,21)6/h7,17,19-22,27-28H,8-16H2,1-6H3/t17-,19?,20+,21?,22?,24-,25-,26+/m0/s1. The number of hydrogen-bond acceptors (Lipinski definition) is 3. The molecular formula is C26H44O3. The molecule has 0 aromatic heterocycles. The van der Waals surface area contributed by atoms with Crippen molar-refractivity contribution in [2.45, 2.75) is 110 Å². The predicted octanol–water partition coefficient (Wildman–Crippen LogP) is 5.49. The van der Waals surface area contributed by atoms with Crippen molar-refractivity contribution in [3.05, 3.63) is 11.6 Å². The highest BCUT2D eigenvalue weighted by Crippen LogP contribution is 2.67. The number of rotatable bonds is 4. The summed E-state index contributed by atoms with van der Waals surface area (Å²) in [6.45, 7) is 13.4. The van der Waals surface area contributed by atoms with E-state index in [1.807, 2.05) is 20.8 Å². The van der Waals surface area contributed by atoms with E-state index in [0.29, 0.717) is 23.4 Å². The Morgan fingerprint density at radius 2 is 1.83 bits per heavy atom. The van der Waals surface area contributed by atoms with Crippen molar-refractivity contribution in [1.29, 1.82) is 0 Å². The smallest absolute Gasteiger partial charge is 0.0824 e. The molecule has 0 aromatic rings. The van der Waals surface area contributed by atoms with Crippen LogP contribution in [0.1, 0.15) is 92.9 Å². The Kier molecular flexibility index (Phi) is 5.32. The number of hydrogen-bond donors (Lipinski definition) is 2. The number of aliphatic hydroxyl groups is 2. The quantitative estimate of drug-likeness (QED) is 0.609. The normalized spacial score (nSPS) is 48.3. The molecule has 29 heavy (non-hydrogen) atoms. The third-order valence-electron chi connectivity index (χ3n) is 9.72. The first-order valence-electron chi connectivity index (χ1n) is 12.1. The molecule has 2 N–H and O–H groups in total. The van der Waals surface area contributed by atoms with E-state index >= 15 is 0 Å². The minimum Gasteiger partial charge on any atom is -0.390 e. The van der Waals surface area contributed by atoms with E-state index in [2.05, 4.69) is 26.8 Å². The van der Waals surface area contributed by atoms with Gasteiger partial charge < -0.3 is 14.9 Å². The fourth-order valence-electron chi connectivity index (χ4n) is 8.07. The molecule has 0 bridgehead atoms. The number of allylic oxidation sites excluding steroid dienone is 1. The molecule has 0 spiro atoms. The molecule has 0 heterocycles. The van der Waals surface area contributed by atoms with Crippen LogP contribution in [0.5, 0.6) is 0 Å². The molecule has 3 nitrogen and oxygen atoms in total. The van der Waals surface area contributed by atoms with Gasteiger partial charge in [0.05, 0.1) is 23.9 Å². The summed E-state index contributed by atoms with van der Waals surface area (Å²) in [5, 5.41) is 20.7. The van der Waals surface area contributed by atoms with E-state index in [1.165, 1.54) is 32.1 Å². The van der Waals surface area contributed by atoms with E-state index in [-0.39, 0.29) is 6.10 Å². The van der Waals surface area contributed by atoms with Gasteiger partial charge in [0.15, 0.2) is 0 Å². The molecule has 0 saturated heterocycles. The Bertz CT molecular complexity index is 659. The zero-order valence-corrected chi connectivity index (χ0v) is 19.6.